The van der Waals surface area contributed by atoms with Crippen LogP contribution in [0.5, 0.6) is 5.75 Å². The van der Waals surface area contributed by atoms with Crippen LogP contribution in [0.3, 0.4) is 0 Å². The van der Waals surface area contributed by atoms with Crippen molar-refractivity contribution in [1.82, 2.24) is 4.90 Å². The third-order valence-electron chi connectivity index (χ3n) is 4.84. The van der Waals surface area contributed by atoms with Crippen LogP contribution in [0.1, 0.15) is 25.3 Å². The highest BCUT2D eigenvalue weighted by molar-refractivity contribution is 5.92. The molecule has 0 aromatic heterocycles. The molecule has 0 unspecified atom stereocenters. The number of anilines is 1. The molecule has 1 aliphatic rings. The number of carbonyl (C=O) groups is 1. The maximum atomic E-state index is 12.3. The van der Waals surface area contributed by atoms with Gasteiger partial charge in [-0.3, -0.25) is 9.69 Å². The summed E-state index contributed by atoms with van der Waals surface area (Å²) < 4.78 is 5.31. The summed E-state index contributed by atoms with van der Waals surface area (Å²) in [5.74, 6) is 0.875. The molecule has 3 rings (SSSR count). The van der Waals surface area contributed by atoms with Crippen molar-refractivity contribution in [2.24, 2.45) is 0 Å². The maximum Gasteiger partial charge on any atom is 0.224 e. The molecule has 1 aliphatic heterocycles. The Morgan fingerprint density at radius 2 is 1.84 bits per heavy atom. The molecule has 0 N–H and O–H groups in total. The lowest BCUT2D eigenvalue weighted by atomic mass is 10.0. The van der Waals surface area contributed by atoms with Crippen molar-refractivity contribution in [2.75, 3.05) is 25.1 Å². The molecule has 1 amide bonds. The van der Waals surface area contributed by atoms with Crippen LogP contribution in [0.2, 0.25) is 0 Å². The summed E-state index contributed by atoms with van der Waals surface area (Å²) in [7, 11) is 1.65. The van der Waals surface area contributed by atoms with Gasteiger partial charge in [0.05, 0.1) is 7.11 Å². The van der Waals surface area contributed by atoms with E-state index in [1.54, 1.807) is 14.0 Å². The first-order valence-electron chi connectivity index (χ1n) is 8.87. The minimum atomic E-state index is 0.0924. The minimum absolute atomic E-state index is 0.0924. The van der Waals surface area contributed by atoms with E-state index in [1.807, 2.05) is 29.2 Å². The molecule has 4 heteroatoms. The van der Waals surface area contributed by atoms with Crippen LogP contribution >= 0.6 is 0 Å². The molecule has 0 atom stereocenters. The lowest BCUT2D eigenvalue weighted by Crippen LogP contribution is -2.46. The lowest BCUT2D eigenvalue weighted by Gasteiger charge is -2.38. The molecule has 0 aliphatic carbocycles. The SMILES string of the molecule is COc1cccc(N(C(C)=O)C2CCN(Cc3ccccc3)CC2)c1. The van der Waals surface area contributed by atoms with Crippen molar-refractivity contribution >= 4 is 11.6 Å². The molecule has 2 aromatic rings. The van der Waals surface area contributed by atoms with E-state index in [0.717, 1.165) is 43.9 Å². The zero-order valence-corrected chi connectivity index (χ0v) is 15.0. The van der Waals surface area contributed by atoms with E-state index < -0.39 is 0 Å². The van der Waals surface area contributed by atoms with Crippen LogP contribution in [0.15, 0.2) is 54.6 Å². The molecule has 1 heterocycles. The van der Waals surface area contributed by atoms with E-state index >= 15 is 0 Å². The first-order chi connectivity index (χ1) is 12.2. The molecule has 1 saturated heterocycles. The van der Waals surface area contributed by atoms with Gasteiger partial charge in [-0.25, -0.2) is 0 Å². The largest absolute Gasteiger partial charge is 0.497 e. The predicted molar refractivity (Wildman–Crippen MR) is 101 cm³/mol. The Morgan fingerprint density at radius 1 is 1.12 bits per heavy atom. The number of nitrogens with zero attached hydrogens (tertiary/aromatic N) is 2. The van der Waals surface area contributed by atoms with Crippen LogP contribution in [0, 0.1) is 0 Å². The average Bonchev–Trinajstić information content (AvgIpc) is 2.64. The number of methoxy groups -OCH3 is 1. The Balaban J connectivity index is 1.65. The van der Waals surface area contributed by atoms with E-state index in [2.05, 4.69) is 35.2 Å². The summed E-state index contributed by atoms with van der Waals surface area (Å²) >= 11 is 0. The quantitative estimate of drug-likeness (QED) is 0.833. The zero-order valence-electron chi connectivity index (χ0n) is 15.0. The van der Waals surface area contributed by atoms with E-state index in [9.17, 15) is 4.79 Å². The van der Waals surface area contributed by atoms with Gasteiger partial charge < -0.3 is 9.64 Å². The molecule has 132 valence electrons. The summed E-state index contributed by atoms with van der Waals surface area (Å²) in [5, 5.41) is 0. The third kappa shape index (κ3) is 4.40. The van der Waals surface area contributed by atoms with E-state index in [0.29, 0.717) is 0 Å². The Morgan fingerprint density at radius 3 is 2.48 bits per heavy atom. The van der Waals surface area contributed by atoms with Crippen molar-refractivity contribution in [3.63, 3.8) is 0 Å². The number of piperidine rings is 1. The molecule has 2 aromatic carbocycles. The topological polar surface area (TPSA) is 32.8 Å². The van der Waals surface area contributed by atoms with Gasteiger partial charge in [-0.2, -0.15) is 0 Å². The summed E-state index contributed by atoms with van der Waals surface area (Å²) in [6.45, 7) is 4.64. The Bertz CT molecular complexity index is 694. The predicted octanol–water partition coefficient (Wildman–Crippen LogP) is 3.71. The van der Waals surface area contributed by atoms with Crippen LogP contribution in [-0.2, 0) is 11.3 Å². The third-order valence-corrected chi connectivity index (χ3v) is 4.84. The molecular formula is C21H26N2O2. The van der Waals surface area contributed by atoms with E-state index in [1.165, 1.54) is 5.56 Å². The standard InChI is InChI=1S/C21H26N2O2/c1-17(24)23(20-9-6-10-21(15-20)25-2)19-11-13-22(14-12-19)16-18-7-4-3-5-8-18/h3-10,15,19H,11-14,16H2,1-2H3. The molecule has 1 fully saturated rings. The normalized spacial score (nSPS) is 15.8. The van der Waals surface area contributed by atoms with Crippen molar-refractivity contribution in [1.29, 1.82) is 0 Å². The van der Waals surface area contributed by atoms with Gasteiger partial charge in [0.1, 0.15) is 5.75 Å². The highest BCUT2D eigenvalue weighted by Crippen LogP contribution is 2.27. The molecule has 4 nitrogen and oxygen atoms in total. The first kappa shape index (κ1) is 17.5. The van der Waals surface area contributed by atoms with Gasteiger partial charge in [0.15, 0.2) is 0 Å². The summed E-state index contributed by atoms with van der Waals surface area (Å²) in [6.07, 6.45) is 1.98. The second-order valence-electron chi connectivity index (χ2n) is 6.58. The number of rotatable bonds is 5. The first-order valence-corrected chi connectivity index (χ1v) is 8.87. The smallest absolute Gasteiger partial charge is 0.224 e. The number of hydrogen-bond acceptors (Lipinski definition) is 3. The molecule has 0 radical (unpaired) electrons. The Labute approximate surface area is 150 Å². The Kier molecular flexibility index (Phi) is 5.71. The van der Waals surface area contributed by atoms with Crippen LogP contribution in [-0.4, -0.2) is 37.0 Å². The highest BCUT2D eigenvalue weighted by Gasteiger charge is 2.27. The number of likely N-dealkylation sites (tertiary alicyclic amines) is 1. The number of carbonyl (C=O) groups excluding carboxylic acids is 1. The fourth-order valence-corrected chi connectivity index (χ4v) is 3.59. The molecule has 0 saturated carbocycles. The average molecular weight is 338 g/mol. The van der Waals surface area contributed by atoms with Gasteiger partial charge in [-0.15, -0.1) is 0 Å². The fourth-order valence-electron chi connectivity index (χ4n) is 3.59. The number of hydrogen-bond donors (Lipinski definition) is 0. The van der Waals surface area contributed by atoms with Gasteiger partial charge >= 0.3 is 0 Å². The highest BCUT2D eigenvalue weighted by atomic mass is 16.5. The summed E-state index contributed by atoms with van der Waals surface area (Å²) in [5.41, 5.74) is 2.27. The van der Waals surface area contributed by atoms with Gasteiger partial charge in [-0.05, 0) is 30.5 Å². The summed E-state index contributed by atoms with van der Waals surface area (Å²) in [6, 6.07) is 18.6. The minimum Gasteiger partial charge on any atom is -0.497 e. The second kappa shape index (κ2) is 8.17. The van der Waals surface area contributed by atoms with Crippen LogP contribution in [0.25, 0.3) is 0 Å². The molecule has 25 heavy (non-hydrogen) atoms. The number of amides is 1. The Hall–Kier alpha value is -2.33. The second-order valence-corrected chi connectivity index (χ2v) is 6.58. The lowest BCUT2D eigenvalue weighted by molar-refractivity contribution is -0.117. The van der Waals surface area contributed by atoms with Crippen molar-refractivity contribution in [3.8, 4) is 5.75 Å². The van der Waals surface area contributed by atoms with Crippen LogP contribution < -0.4 is 9.64 Å². The fraction of sp³-hybridized carbons (Fsp3) is 0.381. The molecular weight excluding hydrogens is 312 g/mol. The summed E-state index contributed by atoms with van der Waals surface area (Å²) in [4.78, 5) is 16.7. The van der Waals surface area contributed by atoms with E-state index in [-0.39, 0.29) is 11.9 Å². The van der Waals surface area contributed by atoms with E-state index in [4.69, 9.17) is 4.74 Å². The van der Waals surface area contributed by atoms with Crippen molar-refractivity contribution < 1.29 is 9.53 Å². The van der Waals surface area contributed by atoms with Gasteiger partial charge in [0, 0.05) is 44.4 Å². The van der Waals surface area contributed by atoms with Gasteiger partial charge in [-0.1, -0.05) is 36.4 Å². The molecule has 0 bridgehead atoms. The molecule has 0 spiro atoms. The maximum absolute atomic E-state index is 12.3. The van der Waals surface area contributed by atoms with Crippen LogP contribution in [0.4, 0.5) is 5.69 Å². The number of benzene rings is 2. The zero-order chi connectivity index (χ0) is 17.6. The van der Waals surface area contributed by atoms with Gasteiger partial charge in [0.25, 0.3) is 0 Å². The van der Waals surface area contributed by atoms with Crippen molar-refractivity contribution in [2.45, 2.75) is 32.4 Å². The number of ether oxygens (including phenoxy) is 1. The van der Waals surface area contributed by atoms with Gasteiger partial charge in [0.2, 0.25) is 5.91 Å². The van der Waals surface area contributed by atoms with Crippen molar-refractivity contribution in [3.05, 3.63) is 60.2 Å². The monoisotopic (exact) mass is 338 g/mol.